The fourth-order valence-electron chi connectivity index (χ4n) is 1.00. The lowest BCUT2D eigenvalue weighted by Gasteiger charge is -1.84. The van der Waals surface area contributed by atoms with Gasteiger partial charge < -0.3 is 4.42 Å². The lowest BCUT2D eigenvalue weighted by atomic mass is 10.4. The van der Waals surface area contributed by atoms with E-state index in [2.05, 4.69) is 10.1 Å². The Bertz CT molecular complexity index is 430. The smallest absolute Gasteiger partial charge is 0.229 e. The van der Waals surface area contributed by atoms with Crippen LogP contribution in [-0.2, 0) is 7.05 Å². The van der Waals surface area contributed by atoms with Crippen LogP contribution >= 0.6 is 0 Å². The summed E-state index contributed by atoms with van der Waals surface area (Å²) in [5, 5.41) is 3.96. The monoisotopic (exact) mass is 177 g/mol. The zero-order chi connectivity index (χ0) is 9.26. The van der Waals surface area contributed by atoms with E-state index in [9.17, 15) is 4.79 Å². The highest BCUT2D eigenvalue weighted by Crippen LogP contribution is 2.16. The van der Waals surface area contributed by atoms with Crippen molar-refractivity contribution in [2.45, 2.75) is 0 Å². The van der Waals surface area contributed by atoms with Crippen molar-refractivity contribution in [3.05, 3.63) is 24.4 Å². The first-order valence-electron chi connectivity index (χ1n) is 3.69. The van der Waals surface area contributed by atoms with Crippen LogP contribution in [0.1, 0.15) is 10.5 Å². The summed E-state index contributed by atoms with van der Waals surface area (Å²) in [5.74, 6) is 0.412. The van der Waals surface area contributed by atoms with E-state index >= 15 is 0 Å². The van der Waals surface area contributed by atoms with Crippen LogP contribution in [0, 0.1) is 0 Å². The molecule has 0 aliphatic heterocycles. The van der Waals surface area contributed by atoms with Crippen LogP contribution < -0.4 is 0 Å². The van der Waals surface area contributed by atoms with Gasteiger partial charge in [-0.05, 0) is 0 Å². The molecule has 2 rings (SSSR count). The van der Waals surface area contributed by atoms with E-state index in [-0.39, 0.29) is 0 Å². The Labute approximate surface area is 74.0 Å². The SMILES string of the molecule is Cn1cc(-c2nc(C=O)co2)cn1. The molecule has 5 heteroatoms. The number of aldehydes is 1. The number of rotatable bonds is 2. The predicted molar refractivity (Wildman–Crippen MR) is 44.1 cm³/mol. The quantitative estimate of drug-likeness (QED) is 0.639. The summed E-state index contributed by atoms with van der Waals surface area (Å²) in [7, 11) is 1.80. The van der Waals surface area contributed by atoms with Gasteiger partial charge in [-0.25, -0.2) is 4.98 Å². The normalized spacial score (nSPS) is 10.2. The molecule has 0 radical (unpaired) electrons. The fourth-order valence-corrected chi connectivity index (χ4v) is 1.00. The molecule has 0 atom stereocenters. The van der Waals surface area contributed by atoms with Gasteiger partial charge >= 0.3 is 0 Å². The maximum absolute atomic E-state index is 10.3. The van der Waals surface area contributed by atoms with E-state index in [1.807, 2.05) is 0 Å². The molecule has 13 heavy (non-hydrogen) atoms. The summed E-state index contributed by atoms with van der Waals surface area (Å²) in [4.78, 5) is 14.2. The molecule has 0 N–H and O–H groups in total. The van der Waals surface area contributed by atoms with Crippen molar-refractivity contribution < 1.29 is 9.21 Å². The van der Waals surface area contributed by atoms with E-state index in [0.29, 0.717) is 17.9 Å². The zero-order valence-electron chi connectivity index (χ0n) is 6.97. The van der Waals surface area contributed by atoms with E-state index in [1.54, 1.807) is 24.1 Å². The molecule has 5 nitrogen and oxygen atoms in total. The second kappa shape index (κ2) is 2.85. The Morgan fingerprint density at radius 3 is 3.00 bits per heavy atom. The minimum Gasteiger partial charge on any atom is -0.444 e. The Morgan fingerprint density at radius 2 is 2.46 bits per heavy atom. The molecule has 0 aromatic carbocycles. The van der Waals surface area contributed by atoms with Gasteiger partial charge in [-0.15, -0.1) is 0 Å². The van der Waals surface area contributed by atoms with Gasteiger partial charge in [-0.1, -0.05) is 0 Å². The third-order valence-corrected chi connectivity index (χ3v) is 1.59. The van der Waals surface area contributed by atoms with E-state index in [4.69, 9.17) is 4.42 Å². The second-order valence-electron chi connectivity index (χ2n) is 2.60. The maximum Gasteiger partial charge on any atom is 0.229 e. The summed E-state index contributed by atoms with van der Waals surface area (Å²) < 4.78 is 6.70. The number of nitrogens with zero attached hydrogens (tertiary/aromatic N) is 3. The highest BCUT2D eigenvalue weighted by Gasteiger charge is 2.07. The van der Waals surface area contributed by atoms with Crippen LogP contribution in [-0.4, -0.2) is 21.1 Å². The largest absolute Gasteiger partial charge is 0.444 e. The molecule has 2 heterocycles. The standard InChI is InChI=1S/C8H7N3O2/c1-11-3-6(2-9-11)8-10-7(4-12)5-13-8/h2-5H,1H3. The molecule has 2 aromatic rings. The number of aryl methyl sites for hydroxylation is 1. The highest BCUT2D eigenvalue weighted by atomic mass is 16.3. The van der Waals surface area contributed by atoms with Gasteiger partial charge in [-0.2, -0.15) is 5.10 Å². The highest BCUT2D eigenvalue weighted by molar-refractivity contribution is 5.72. The third kappa shape index (κ3) is 1.35. The minimum atomic E-state index is 0.291. The maximum atomic E-state index is 10.3. The average Bonchev–Trinajstić information content (AvgIpc) is 2.71. The van der Waals surface area contributed by atoms with Crippen molar-refractivity contribution in [2.24, 2.45) is 7.05 Å². The van der Waals surface area contributed by atoms with E-state index < -0.39 is 0 Å². The zero-order valence-corrected chi connectivity index (χ0v) is 6.97. The van der Waals surface area contributed by atoms with Crippen molar-refractivity contribution in [3.63, 3.8) is 0 Å². The van der Waals surface area contributed by atoms with Gasteiger partial charge in [0, 0.05) is 13.2 Å². The lowest BCUT2D eigenvalue weighted by molar-refractivity contribution is 0.111. The Kier molecular flexibility index (Phi) is 1.70. The number of hydrogen-bond donors (Lipinski definition) is 0. The molecular weight excluding hydrogens is 170 g/mol. The minimum absolute atomic E-state index is 0.291. The number of hydrogen-bond acceptors (Lipinski definition) is 4. The van der Waals surface area contributed by atoms with Crippen LogP contribution in [0.15, 0.2) is 23.1 Å². The molecule has 0 unspecified atom stereocenters. The first-order chi connectivity index (χ1) is 6.29. The number of carbonyl (C=O) groups is 1. The molecule has 66 valence electrons. The number of carbonyl (C=O) groups excluding carboxylic acids is 1. The van der Waals surface area contributed by atoms with Gasteiger partial charge in [0.05, 0.1) is 11.8 Å². The number of oxazole rings is 1. The van der Waals surface area contributed by atoms with Crippen molar-refractivity contribution >= 4 is 6.29 Å². The van der Waals surface area contributed by atoms with E-state index in [0.717, 1.165) is 5.56 Å². The first kappa shape index (κ1) is 7.72. The van der Waals surface area contributed by atoms with Crippen molar-refractivity contribution in [2.75, 3.05) is 0 Å². The summed E-state index contributed by atoms with van der Waals surface area (Å²) in [5.41, 5.74) is 1.05. The summed E-state index contributed by atoms with van der Waals surface area (Å²) >= 11 is 0. The Morgan fingerprint density at radius 1 is 1.62 bits per heavy atom. The Balaban J connectivity index is 2.40. The molecule has 0 spiro atoms. The van der Waals surface area contributed by atoms with Gasteiger partial charge in [0.1, 0.15) is 12.0 Å². The summed E-state index contributed by atoms with van der Waals surface area (Å²) in [6.45, 7) is 0. The molecule has 0 aliphatic carbocycles. The molecule has 0 amide bonds. The first-order valence-corrected chi connectivity index (χ1v) is 3.69. The van der Waals surface area contributed by atoms with Crippen molar-refractivity contribution in [1.29, 1.82) is 0 Å². The van der Waals surface area contributed by atoms with Crippen LogP contribution in [0.3, 0.4) is 0 Å². The fraction of sp³-hybridized carbons (Fsp3) is 0.125. The molecule has 0 saturated heterocycles. The topological polar surface area (TPSA) is 60.9 Å². The third-order valence-electron chi connectivity index (χ3n) is 1.59. The van der Waals surface area contributed by atoms with Crippen LogP contribution in [0.2, 0.25) is 0 Å². The summed E-state index contributed by atoms with van der Waals surface area (Å²) in [6.07, 6.45) is 5.35. The molecule has 0 aliphatic rings. The van der Waals surface area contributed by atoms with Crippen LogP contribution in [0.4, 0.5) is 0 Å². The average molecular weight is 177 g/mol. The van der Waals surface area contributed by atoms with E-state index in [1.165, 1.54) is 6.26 Å². The van der Waals surface area contributed by atoms with Crippen molar-refractivity contribution in [3.8, 4) is 11.5 Å². The molecule has 0 bridgehead atoms. The van der Waals surface area contributed by atoms with Gasteiger partial charge in [0.25, 0.3) is 0 Å². The van der Waals surface area contributed by atoms with Gasteiger partial charge in [0.2, 0.25) is 5.89 Å². The second-order valence-corrected chi connectivity index (χ2v) is 2.60. The van der Waals surface area contributed by atoms with Crippen molar-refractivity contribution in [1.82, 2.24) is 14.8 Å². The van der Waals surface area contributed by atoms with Crippen LogP contribution in [0.5, 0.6) is 0 Å². The van der Waals surface area contributed by atoms with Gasteiger partial charge in [0.15, 0.2) is 6.29 Å². The molecular formula is C8H7N3O2. The lowest BCUT2D eigenvalue weighted by Crippen LogP contribution is -1.84. The van der Waals surface area contributed by atoms with Gasteiger partial charge in [-0.3, -0.25) is 9.48 Å². The van der Waals surface area contributed by atoms with Crippen LogP contribution in [0.25, 0.3) is 11.5 Å². The molecule has 2 aromatic heterocycles. The molecule has 0 fully saturated rings. The summed E-state index contributed by atoms with van der Waals surface area (Å²) in [6, 6.07) is 0. The predicted octanol–water partition coefficient (Wildman–Crippen LogP) is 0.888. The number of aromatic nitrogens is 3. The molecule has 0 saturated carbocycles. The Hall–Kier alpha value is -1.91.